The summed E-state index contributed by atoms with van der Waals surface area (Å²) in [6.45, 7) is 4.71. The van der Waals surface area contributed by atoms with E-state index in [9.17, 15) is 4.79 Å². The average molecular weight is 266 g/mol. The SMILES string of the molecule is Cc1cnn(CC(=O)N2CCN(C)[C@H](CCO)C2)c1. The van der Waals surface area contributed by atoms with Crippen LogP contribution in [0.15, 0.2) is 12.4 Å². The lowest BCUT2D eigenvalue weighted by atomic mass is 10.1. The first-order valence-electron chi connectivity index (χ1n) is 6.68. The van der Waals surface area contributed by atoms with Crippen LogP contribution in [-0.4, -0.2) is 69.9 Å². The fourth-order valence-electron chi connectivity index (χ4n) is 2.43. The molecule has 1 aliphatic rings. The third kappa shape index (κ3) is 3.54. The molecule has 1 saturated heterocycles. The predicted molar refractivity (Wildman–Crippen MR) is 71.7 cm³/mol. The fraction of sp³-hybridized carbons (Fsp3) is 0.692. The van der Waals surface area contributed by atoms with Gasteiger partial charge in [0.2, 0.25) is 5.91 Å². The number of aryl methyl sites for hydroxylation is 1. The number of piperazine rings is 1. The molecule has 1 N–H and O–H groups in total. The second-order valence-electron chi connectivity index (χ2n) is 5.20. The second-order valence-corrected chi connectivity index (χ2v) is 5.20. The van der Waals surface area contributed by atoms with Crippen molar-refractivity contribution in [2.24, 2.45) is 0 Å². The summed E-state index contributed by atoms with van der Waals surface area (Å²) in [5, 5.41) is 13.2. The largest absolute Gasteiger partial charge is 0.396 e. The molecule has 106 valence electrons. The Labute approximate surface area is 113 Å². The number of aliphatic hydroxyl groups excluding tert-OH is 1. The second kappa shape index (κ2) is 6.16. The van der Waals surface area contributed by atoms with Gasteiger partial charge in [0.1, 0.15) is 6.54 Å². The van der Waals surface area contributed by atoms with E-state index < -0.39 is 0 Å². The zero-order chi connectivity index (χ0) is 13.8. The average Bonchev–Trinajstić information content (AvgIpc) is 2.77. The molecule has 0 aromatic carbocycles. The Kier molecular flexibility index (Phi) is 4.55. The summed E-state index contributed by atoms with van der Waals surface area (Å²) in [6.07, 6.45) is 4.34. The van der Waals surface area contributed by atoms with E-state index in [1.54, 1.807) is 10.9 Å². The van der Waals surface area contributed by atoms with Crippen molar-refractivity contribution in [1.29, 1.82) is 0 Å². The van der Waals surface area contributed by atoms with Crippen LogP contribution >= 0.6 is 0 Å². The van der Waals surface area contributed by atoms with Gasteiger partial charge >= 0.3 is 0 Å². The van der Waals surface area contributed by atoms with Crippen molar-refractivity contribution in [3.63, 3.8) is 0 Å². The lowest BCUT2D eigenvalue weighted by Crippen LogP contribution is -2.54. The number of aromatic nitrogens is 2. The molecular weight excluding hydrogens is 244 g/mol. The van der Waals surface area contributed by atoms with Crippen molar-refractivity contribution < 1.29 is 9.90 Å². The fourth-order valence-corrected chi connectivity index (χ4v) is 2.43. The Morgan fingerprint density at radius 2 is 2.32 bits per heavy atom. The van der Waals surface area contributed by atoms with Crippen LogP contribution in [0.2, 0.25) is 0 Å². The van der Waals surface area contributed by atoms with Gasteiger partial charge in [-0.3, -0.25) is 14.4 Å². The molecule has 6 heteroatoms. The first kappa shape index (κ1) is 14.0. The molecule has 1 atom stereocenters. The van der Waals surface area contributed by atoms with Crippen LogP contribution in [0.5, 0.6) is 0 Å². The molecule has 2 rings (SSSR count). The predicted octanol–water partition coefficient (Wildman–Crippen LogP) is -0.283. The van der Waals surface area contributed by atoms with Crippen molar-refractivity contribution in [1.82, 2.24) is 19.6 Å². The van der Waals surface area contributed by atoms with Crippen LogP contribution in [0, 0.1) is 6.92 Å². The van der Waals surface area contributed by atoms with Gasteiger partial charge in [-0.15, -0.1) is 0 Å². The number of carbonyl (C=O) groups is 1. The maximum atomic E-state index is 12.2. The van der Waals surface area contributed by atoms with Gasteiger partial charge in [0, 0.05) is 38.5 Å². The molecule has 0 bridgehead atoms. The van der Waals surface area contributed by atoms with Crippen LogP contribution in [0.4, 0.5) is 0 Å². The molecule has 1 fully saturated rings. The lowest BCUT2D eigenvalue weighted by Gasteiger charge is -2.39. The van der Waals surface area contributed by atoms with E-state index in [2.05, 4.69) is 10.00 Å². The zero-order valence-electron chi connectivity index (χ0n) is 11.6. The summed E-state index contributed by atoms with van der Waals surface area (Å²) in [5.74, 6) is 0.0964. The van der Waals surface area contributed by atoms with Gasteiger partial charge in [-0.05, 0) is 26.0 Å². The van der Waals surface area contributed by atoms with Crippen LogP contribution in [-0.2, 0) is 11.3 Å². The summed E-state index contributed by atoms with van der Waals surface area (Å²) in [6, 6.07) is 0.252. The number of aliphatic hydroxyl groups is 1. The highest BCUT2D eigenvalue weighted by Crippen LogP contribution is 2.11. The first-order valence-corrected chi connectivity index (χ1v) is 6.68. The van der Waals surface area contributed by atoms with E-state index in [-0.39, 0.29) is 18.6 Å². The molecule has 6 nitrogen and oxygen atoms in total. The highest BCUT2D eigenvalue weighted by atomic mass is 16.3. The van der Waals surface area contributed by atoms with E-state index in [1.807, 2.05) is 25.1 Å². The topological polar surface area (TPSA) is 61.6 Å². The summed E-state index contributed by atoms with van der Waals surface area (Å²) < 4.78 is 1.68. The van der Waals surface area contributed by atoms with Gasteiger partial charge in [0.15, 0.2) is 0 Å². The van der Waals surface area contributed by atoms with E-state index in [0.29, 0.717) is 19.5 Å². The molecule has 0 spiro atoms. The van der Waals surface area contributed by atoms with Gasteiger partial charge in [-0.2, -0.15) is 5.10 Å². The highest BCUT2D eigenvalue weighted by Gasteiger charge is 2.26. The van der Waals surface area contributed by atoms with Gasteiger partial charge in [0.05, 0.1) is 6.20 Å². The molecule has 0 saturated carbocycles. The summed E-state index contributed by atoms with van der Waals surface area (Å²) in [5.41, 5.74) is 1.06. The van der Waals surface area contributed by atoms with Crippen molar-refractivity contribution in [2.75, 3.05) is 33.3 Å². The molecule has 1 aromatic rings. The Morgan fingerprint density at radius 3 is 2.95 bits per heavy atom. The summed E-state index contributed by atoms with van der Waals surface area (Å²) >= 11 is 0. The standard InChI is InChI=1S/C13H22N4O2/c1-11-7-14-17(8-11)10-13(19)16-5-4-15(2)12(9-16)3-6-18/h7-8,12,18H,3-6,9-10H2,1-2H3/t12-/m1/s1. The lowest BCUT2D eigenvalue weighted by molar-refractivity contribution is -0.135. The molecule has 19 heavy (non-hydrogen) atoms. The normalized spacial score (nSPS) is 20.8. The van der Waals surface area contributed by atoms with Crippen LogP contribution in [0.1, 0.15) is 12.0 Å². The van der Waals surface area contributed by atoms with Crippen LogP contribution in [0.25, 0.3) is 0 Å². The molecule has 1 aromatic heterocycles. The number of rotatable bonds is 4. The van der Waals surface area contributed by atoms with E-state index in [1.165, 1.54) is 0 Å². The maximum Gasteiger partial charge on any atom is 0.244 e. The van der Waals surface area contributed by atoms with Gasteiger partial charge < -0.3 is 10.0 Å². The van der Waals surface area contributed by atoms with Crippen molar-refractivity contribution in [3.8, 4) is 0 Å². The number of nitrogens with zero attached hydrogens (tertiary/aromatic N) is 4. The summed E-state index contributed by atoms with van der Waals surface area (Å²) in [7, 11) is 2.04. The molecule has 1 aliphatic heterocycles. The molecule has 0 unspecified atom stereocenters. The van der Waals surface area contributed by atoms with E-state index in [0.717, 1.165) is 18.7 Å². The Balaban J connectivity index is 1.92. The van der Waals surface area contributed by atoms with Crippen molar-refractivity contribution in [3.05, 3.63) is 18.0 Å². The minimum atomic E-state index is 0.0964. The molecule has 1 amide bonds. The molecule has 2 heterocycles. The first-order chi connectivity index (χ1) is 9.10. The zero-order valence-corrected chi connectivity index (χ0v) is 11.6. The van der Waals surface area contributed by atoms with Crippen molar-refractivity contribution >= 4 is 5.91 Å². The third-order valence-corrected chi connectivity index (χ3v) is 3.65. The Bertz CT molecular complexity index is 432. The quantitative estimate of drug-likeness (QED) is 0.814. The summed E-state index contributed by atoms with van der Waals surface area (Å²) in [4.78, 5) is 16.3. The molecule has 0 aliphatic carbocycles. The highest BCUT2D eigenvalue weighted by molar-refractivity contribution is 5.76. The van der Waals surface area contributed by atoms with E-state index in [4.69, 9.17) is 5.11 Å². The number of hydrogen-bond acceptors (Lipinski definition) is 4. The van der Waals surface area contributed by atoms with Crippen LogP contribution in [0.3, 0.4) is 0 Å². The monoisotopic (exact) mass is 266 g/mol. The molecule has 0 radical (unpaired) electrons. The number of carbonyl (C=O) groups excluding carboxylic acids is 1. The van der Waals surface area contributed by atoms with E-state index >= 15 is 0 Å². The minimum absolute atomic E-state index is 0.0964. The molecular formula is C13H22N4O2. The smallest absolute Gasteiger partial charge is 0.244 e. The number of amides is 1. The van der Waals surface area contributed by atoms with Gasteiger partial charge in [-0.1, -0.05) is 0 Å². The van der Waals surface area contributed by atoms with Crippen LogP contribution < -0.4 is 0 Å². The van der Waals surface area contributed by atoms with Gasteiger partial charge in [0.25, 0.3) is 0 Å². The Morgan fingerprint density at radius 1 is 1.53 bits per heavy atom. The third-order valence-electron chi connectivity index (χ3n) is 3.65. The minimum Gasteiger partial charge on any atom is -0.396 e. The van der Waals surface area contributed by atoms with Crippen molar-refractivity contribution in [2.45, 2.75) is 25.9 Å². The maximum absolute atomic E-state index is 12.2. The number of hydrogen-bond donors (Lipinski definition) is 1. The number of likely N-dealkylation sites (N-methyl/N-ethyl adjacent to an activating group) is 1. The Hall–Kier alpha value is -1.40. The van der Waals surface area contributed by atoms with Gasteiger partial charge in [-0.25, -0.2) is 0 Å².